The number of rotatable bonds is 1. The van der Waals surface area contributed by atoms with Gasteiger partial charge >= 0.3 is 0 Å². The first-order chi connectivity index (χ1) is 7.72. The molecule has 1 aliphatic rings. The molecule has 3 heteroatoms. The fourth-order valence-corrected chi connectivity index (χ4v) is 2.18. The van der Waals surface area contributed by atoms with Gasteiger partial charge in [0.25, 0.3) is 0 Å². The van der Waals surface area contributed by atoms with Crippen molar-refractivity contribution in [1.29, 1.82) is 5.26 Å². The summed E-state index contributed by atoms with van der Waals surface area (Å²) in [7, 11) is 0. The Bertz CT molecular complexity index is 412. The van der Waals surface area contributed by atoms with Gasteiger partial charge in [-0.1, -0.05) is 13.0 Å². The Morgan fingerprint density at radius 2 is 2.06 bits per heavy atom. The van der Waals surface area contributed by atoms with Gasteiger partial charge in [0.05, 0.1) is 16.9 Å². The average Bonchev–Trinajstić information content (AvgIpc) is 2.31. The van der Waals surface area contributed by atoms with Crippen LogP contribution in [0.5, 0.6) is 0 Å². The molecule has 0 atom stereocenters. The summed E-state index contributed by atoms with van der Waals surface area (Å²) in [6.45, 7) is 4.37. The van der Waals surface area contributed by atoms with Crippen LogP contribution in [0.1, 0.15) is 25.3 Å². The minimum atomic E-state index is 0.580. The number of nitrogens with zero attached hydrogens (tertiary/aromatic N) is 2. The van der Waals surface area contributed by atoms with Crippen LogP contribution in [0, 0.1) is 17.2 Å². The fourth-order valence-electron chi connectivity index (χ4n) is 2.18. The van der Waals surface area contributed by atoms with Crippen molar-refractivity contribution in [1.82, 2.24) is 0 Å². The molecule has 16 heavy (non-hydrogen) atoms. The standard InChI is InChI=1S/C13H17N3/c1-10-5-7-16(8-6-10)12-4-2-3-11(9-14)13(12)15/h2-4,10H,5-8,15H2,1H3. The summed E-state index contributed by atoms with van der Waals surface area (Å²) in [5, 5.41) is 8.93. The van der Waals surface area contributed by atoms with Gasteiger partial charge in [0.15, 0.2) is 0 Å². The molecule has 1 saturated heterocycles. The van der Waals surface area contributed by atoms with Gasteiger partial charge < -0.3 is 10.6 Å². The highest BCUT2D eigenvalue weighted by Gasteiger charge is 2.18. The largest absolute Gasteiger partial charge is 0.396 e. The van der Waals surface area contributed by atoms with Crippen molar-refractivity contribution in [2.45, 2.75) is 19.8 Å². The molecule has 1 fully saturated rings. The molecule has 1 heterocycles. The van der Waals surface area contributed by atoms with Crippen LogP contribution in [0.2, 0.25) is 0 Å². The van der Waals surface area contributed by atoms with Crippen molar-refractivity contribution in [3.63, 3.8) is 0 Å². The maximum absolute atomic E-state index is 8.93. The number of para-hydroxylation sites is 1. The van der Waals surface area contributed by atoms with Gasteiger partial charge in [0.2, 0.25) is 0 Å². The van der Waals surface area contributed by atoms with E-state index in [-0.39, 0.29) is 0 Å². The summed E-state index contributed by atoms with van der Waals surface area (Å²) in [6.07, 6.45) is 2.41. The maximum atomic E-state index is 8.93. The lowest BCUT2D eigenvalue weighted by atomic mass is 9.98. The second-order valence-corrected chi connectivity index (χ2v) is 4.52. The van der Waals surface area contributed by atoms with Crippen LogP contribution in [0.3, 0.4) is 0 Å². The minimum absolute atomic E-state index is 0.580. The van der Waals surface area contributed by atoms with E-state index in [4.69, 9.17) is 11.0 Å². The molecule has 0 aromatic heterocycles. The number of nitrogen functional groups attached to an aromatic ring is 1. The number of hydrogen-bond donors (Lipinski definition) is 1. The van der Waals surface area contributed by atoms with E-state index >= 15 is 0 Å². The van der Waals surface area contributed by atoms with E-state index in [1.165, 1.54) is 12.8 Å². The Labute approximate surface area is 96.5 Å². The summed E-state index contributed by atoms with van der Waals surface area (Å²) in [5.41, 5.74) is 8.22. The summed E-state index contributed by atoms with van der Waals surface area (Å²) < 4.78 is 0. The van der Waals surface area contributed by atoms with E-state index in [1.54, 1.807) is 6.07 Å². The van der Waals surface area contributed by atoms with Crippen LogP contribution in [-0.2, 0) is 0 Å². The third-order valence-corrected chi connectivity index (χ3v) is 3.33. The lowest BCUT2D eigenvalue weighted by Gasteiger charge is -2.33. The first-order valence-electron chi connectivity index (χ1n) is 5.76. The topological polar surface area (TPSA) is 53.0 Å². The summed E-state index contributed by atoms with van der Waals surface area (Å²) >= 11 is 0. The van der Waals surface area contributed by atoms with E-state index in [2.05, 4.69) is 17.9 Å². The van der Waals surface area contributed by atoms with Gasteiger partial charge in [0.1, 0.15) is 6.07 Å². The van der Waals surface area contributed by atoms with Crippen molar-refractivity contribution in [2.24, 2.45) is 5.92 Å². The molecule has 3 nitrogen and oxygen atoms in total. The molecule has 1 aromatic rings. The van der Waals surface area contributed by atoms with E-state index in [0.717, 1.165) is 24.7 Å². The van der Waals surface area contributed by atoms with Crippen molar-refractivity contribution in [3.8, 4) is 6.07 Å². The molecule has 84 valence electrons. The summed E-state index contributed by atoms with van der Waals surface area (Å²) in [4.78, 5) is 2.29. The van der Waals surface area contributed by atoms with Crippen LogP contribution >= 0.6 is 0 Å². The number of piperidine rings is 1. The SMILES string of the molecule is CC1CCN(c2cccc(C#N)c2N)CC1. The lowest BCUT2D eigenvalue weighted by Crippen LogP contribution is -2.33. The zero-order valence-corrected chi connectivity index (χ0v) is 9.61. The average molecular weight is 215 g/mol. The molecular weight excluding hydrogens is 198 g/mol. The molecule has 0 unspecified atom stereocenters. The zero-order chi connectivity index (χ0) is 11.5. The van der Waals surface area contributed by atoms with Gasteiger partial charge in [0, 0.05) is 13.1 Å². The fraction of sp³-hybridized carbons (Fsp3) is 0.462. The molecular formula is C13H17N3. The number of nitrogens with two attached hydrogens (primary N) is 1. The van der Waals surface area contributed by atoms with E-state index in [0.29, 0.717) is 11.3 Å². The molecule has 0 radical (unpaired) electrons. The number of nitriles is 1. The normalized spacial score (nSPS) is 17.1. The second-order valence-electron chi connectivity index (χ2n) is 4.52. The van der Waals surface area contributed by atoms with Gasteiger partial charge in [-0.05, 0) is 30.9 Å². The first kappa shape index (κ1) is 10.8. The van der Waals surface area contributed by atoms with Crippen LogP contribution in [0.4, 0.5) is 11.4 Å². The molecule has 0 spiro atoms. The maximum Gasteiger partial charge on any atom is 0.101 e. The highest BCUT2D eigenvalue weighted by Crippen LogP contribution is 2.29. The lowest BCUT2D eigenvalue weighted by molar-refractivity contribution is 0.438. The molecule has 1 aromatic carbocycles. The Morgan fingerprint density at radius 1 is 1.38 bits per heavy atom. The quantitative estimate of drug-likeness (QED) is 0.732. The van der Waals surface area contributed by atoms with Crippen molar-refractivity contribution in [3.05, 3.63) is 23.8 Å². The number of benzene rings is 1. The number of hydrogen-bond acceptors (Lipinski definition) is 3. The molecule has 0 saturated carbocycles. The van der Waals surface area contributed by atoms with Crippen molar-refractivity contribution >= 4 is 11.4 Å². The van der Waals surface area contributed by atoms with Gasteiger partial charge in [-0.15, -0.1) is 0 Å². The summed E-state index contributed by atoms with van der Waals surface area (Å²) in [5.74, 6) is 0.802. The van der Waals surface area contributed by atoms with Gasteiger partial charge in [-0.2, -0.15) is 5.26 Å². The minimum Gasteiger partial charge on any atom is -0.396 e. The van der Waals surface area contributed by atoms with Crippen LogP contribution in [-0.4, -0.2) is 13.1 Å². The van der Waals surface area contributed by atoms with E-state index in [1.807, 2.05) is 12.1 Å². The monoisotopic (exact) mass is 215 g/mol. The predicted octanol–water partition coefficient (Wildman–Crippen LogP) is 2.38. The highest BCUT2D eigenvalue weighted by atomic mass is 15.1. The Hall–Kier alpha value is -1.69. The molecule has 1 aliphatic heterocycles. The molecule has 2 N–H and O–H groups in total. The first-order valence-corrected chi connectivity index (χ1v) is 5.76. The number of anilines is 2. The molecule has 0 bridgehead atoms. The van der Waals surface area contributed by atoms with E-state index in [9.17, 15) is 0 Å². The Morgan fingerprint density at radius 3 is 2.69 bits per heavy atom. The third-order valence-electron chi connectivity index (χ3n) is 3.33. The molecule has 0 aliphatic carbocycles. The van der Waals surface area contributed by atoms with Crippen LogP contribution in [0.25, 0.3) is 0 Å². The summed E-state index contributed by atoms with van der Waals surface area (Å²) in [6, 6.07) is 7.81. The third kappa shape index (κ3) is 1.96. The second kappa shape index (κ2) is 4.44. The molecule has 0 amide bonds. The van der Waals surface area contributed by atoms with Gasteiger partial charge in [-0.25, -0.2) is 0 Å². The Balaban J connectivity index is 2.24. The van der Waals surface area contributed by atoms with Crippen LogP contribution < -0.4 is 10.6 Å². The van der Waals surface area contributed by atoms with Crippen LogP contribution in [0.15, 0.2) is 18.2 Å². The van der Waals surface area contributed by atoms with E-state index < -0.39 is 0 Å². The van der Waals surface area contributed by atoms with Gasteiger partial charge in [-0.3, -0.25) is 0 Å². The smallest absolute Gasteiger partial charge is 0.101 e. The molecule has 2 rings (SSSR count). The predicted molar refractivity (Wildman–Crippen MR) is 66.2 cm³/mol. The zero-order valence-electron chi connectivity index (χ0n) is 9.61. The van der Waals surface area contributed by atoms with Crippen molar-refractivity contribution in [2.75, 3.05) is 23.7 Å². The highest BCUT2D eigenvalue weighted by molar-refractivity contribution is 5.74. The van der Waals surface area contributed by atoms with Crippen molar-refractivity contribution < 1.29 is 0 Å². The Kier molecular flexibility index (Phi) is 3.00.